The predicted molar refractivity (Wildman–Crippen MR) is 75.4 cm³/mol. The van der Waals surface area contributed by atoms with Crippen molar-refractivity contribution in [2.45, 2.75) is 26.2 Å². The number of fused-ring (bicyclic) bond motifs is 1. The molecule has 0 N–H and O–H groups in total. The molecule has 0 unspecified atom stereocenters. The fraction of sp³-hybridized carbons (Fsp3) is 0.333. The Labute approximate surface area is 126 Å². The molecule has 0 bridgehead atoms. The Morgan fingerprint density at radius 1 is 1.14 bits per heavy atom. The zero-order valence-corrected chi connectivity index (χ0v) is 12.1. The fourth-order valence-electron chi connectivity index (χ4n) is 2.45. The lowest BCUT2D eigenvalue weighted by molar-refractivity contribution is 0.357. The minimum Gasteiger partial charge on any atom is -0.493 e. The van der Waals surface area contributed by atoms with Gasteiger partial charge < -0.3 is 13.7 Å². The minimum absolute atomic E-state index is 0.557. The topological polar surface area (TPSA) is 87.1 Å². The van der Waals surface area contributed by atoms with Crippen LogP contribution in [0.15, 0.2) is 27.1 Å². The Morgan fingerprint density at radius 2 is 2.05 bits per heavy atom. The molecule has 0 aliphatic carbocycles. The average Bonchev–Trinajstić information content (AvgIpc) is 3.24. The number of benzene rings is 1. The van der Waals surface area contributed by atoms with Crippen LogP contribution < -0.4 is 4.74 Å². The first-order chi connectivity index (χ1) is 10.8. The molecule has 7 nitrogen and oxygen atoms in total. The number of hydrogen-bond donors (Lipinski definition) is 0. The van der Waals surface area contributed by atoms with Crippen molar-refractivity contribution in [3.8, 4) is 17.1 Å². The second-order valence-corrected chi connectivity index (χ2v) is 5.15. The van der Waals surface area contributed by atoms with E-state index in [1.807, 2.05) is 12.1 Å². The number of ether oxygens (including phenoxy) is 1. The van der Waals surface area contributed by atoms with Crippen molar-refractivity contribution in [1.29, 1.82) is 0 Å². The number of hydrogen-bond acceptors (Lipinski definition) is 7. The van der Waals surface area contributed by atoms with Crippen LogP contribution in [-0.2, 0) is 19.3 Å². The Bertz CT molecular complexity index is 809. The van der Waals surface area contributed by atoms with E-state index >= 15 is 0 Å². The van der Waals surface area contributed by atoms with E-state index in [0.29, 0.717) is 36.3 Å². The monoisotopic (exact) mass is 298 g/mol. The van der Waals surface area contributed by atoms with Gasteiger partial charge >= 0.3 is 0 Å². The number of aryl methyl sites for hydroxylation is 3. The van der Waals surface area contributed by atoms with Crippen LogP contribution in [-0.4, -0.2) is 26.9 Å². The molecule has 22 heavy (non-hydrogen) atoms. The smallest absolute Gasteiger partial charge is 0.227 e. The minimum atomic E-state index is 0.557. The van der Waals surface area contributed by atoms with E-state index in [-0.39, 0.29) is 0 Å². The highest BCUT2D eigenvalue weighted by atomic mass is 16.5. The normalized spacial score (nSPS) is 13.1. The number of nitrogens with zero attached hydrogens (tertiary/aromatic N) is 4. The van der Waals surface area contributed by atoms with Crippen LogP contribution in [0.1, 0.15) is 23.2 Å². The molecule has 0 saturated heterocycles. The molecule has 0 radical (unpaired) electrons. The molecular weight excluding hydrogens is 284 g/mol. The summed E-state index contributed by atoms with van der Waals surface area (Å²) in [5.41, 5.74) is 2.12. The third kappa shape index (κ3) is 2.45. The van der Waals surface area contributed by atoms with E-state index in [4.69, 9.17) is 13.7 Å². The molecule has 1 aliphatic rings. The summed E-state index contributed by atoms with van der Waals surface area (Å²) in [6, 6.07) is 5.95. The molecule has 7 heteroatoms. The van der Waals surface area contributed by atoms with Gasteiger partial charge in [-0.25, -0.2) is 0 Å². The van der Waals surface area contributed by atoms with Gasteiger partial charge in [0.1, 0.15) is 5.75 Å². The standard InChI is InChI=1S/C15H14N4O3/c1-9-17-18-14(21-9)5-4-13-16-15(19-22-13)11-2-3-12-10(8-11)6-7-20-12/h2-3,8H,4-7H2,1H3. The zero-order valence-electron chi connectivity index (χ0n) is 12.1. The summed E-state index contributed by atoms with van der Waals surface area (Å²) in [6.45, 7) is 2.50. The zero-order chi connectivity index (χ0) is 14.9. The largest absolute Gasteiger partial charge is 0.493 e. The molecule has 0 spiro atoms. The third-order valence-electron chi connectivity index (χ3n) is 3.54. The fourth-order valence-corrected chi connectivity index (χ4v) is 2.45. The Hall–Kier alpha value is -2.70. The molecule has 0 fully saturated rings. The second kappa shape index (κ2) is 5.25. The molecule has 1 aromatic carbocycles. The first-order valence-electron chi connectivity index (χ1n) is 7.15. The number of rotatable bonds is 4. The summed E-state index contributed by atoms with van der Waals surface area (Å²) in [7, 11) is 0. The molecule has 3 aromatic rings. The van der Waals surface area contributed by atoms with E-state index in [1.165, 1.54) is 5.56 Å². The van der Waals surface area contributed by atoms with Gasteiger partial charge in [0.05, 0.1) is 6.61 Å². The van der Waals surface area contributed by atoms with Gasteiger partial charge in [-0.3, -0.25) is 0 Å². The second-order valence-electron chi connectivity index (χ2n) is 5.15. The summed E-state index contributed by atoms with van der Waals surface area (Å²) in [5.74, 6) is 3.22. The maximum absolute atomic E-state index is 5.50. The van der Waals surface area contributed by atoms with Crippen LogP contribution in [0.5, 0.6) is 5.75 Å². The van der Waals surface area contributed by atoms with Gasteiger partial charge in [-0.1, -0.05) is 5.16 Å². The van der Waals surface area contributed by atoms with Crippen molar-refractivity contribution in [2.24, 2.45) is 0 Å². The molecule has 2 aromatic heterocycles. The summed E-state index contributed by atoms with van der Waals surface area (Å²) in [4.78, 5) is 4.42. The highest BCUT2D eigenvalue weighted by Gasteiger charge is 2.15. The molecule has 3 heterocycles. The van der Waals surface area contributed by atoms with Gasteiger partial charge in [-0.15, -0.1) is 10.2 Å². The SMILES string of the molecule is Cc1nnc(CCc2nc(-c3ccc4c(c3)CCO4)no2)o1. The lowest BCUT2D eigenvalue weighted by Gasteiger charge is -1.99. The lowest BCUT2D eigenvalue weighted by Crippen LogP contribution is -1.92. The number of aromatic nitrogens is 4. The van der Waals surface area contributed by atoms with E-state index in [9.17, 15) is 0 Å². The van der Waals surface area contributed by atoms with Crippen molar-refractivity contribution in [2.75, 3.05) is 6.61 Å². The maximum atomic E-state index is 5.50. The molecule has 0 atom stereocenters. The molecule has 4 rings (SSSR count). The van der Waals surface area contributed by atoms with Crippen LogP contribution in [0.2, 0.25) is 0 Å². The van der Waals surface area contributed by atoms with Crippen molar-refractivity contribution >= 4 is 0 Å². The highest BCUT2D eigenvalue weighted by Crippen LogP contribution is 2.29. The third-order valence-corrected chi connectivity index (χ3v) is 3.54. The average molecular weight is 298 g/mol. The first-order valence-corrected chi connectivity index (χ1v) is 7.15. The first kappa shape index (κ1) is 13.0. The van der Waals surface area contributed by atoms with E-state index in [0.717, 1.165) is 24.3 Å². The van der Waals surface area contributed by atoms with Gasteiger partial charge in [-0.2, -0.15) is 4.98 Å². The summed E-state index contributed by atoms with van der Waals surface area (Å²) in [6.07, 6.45) is 2.08. The Kier molecular flexibility index (Phi) is 3.10. The molecular formula is C15H14N4O3. The molecule has 0 saturated carbocycles. The van der Waals surface area contributed by atoms with Crippen LogP contribution in [0.3, 0.4) is 0 Å². The van der Waals surface area contributed by atoms with Crippen molar-refractivity contribution in [3.63, 3.8) is 0 Å². The van der Waals surface area contributed by atoms with E-state index in [2.05, 4.69) is 26.4 Å². The van der Waals surface area contributed by atoms with Gasteiger partial charge in [0.2, 0.25) is 23.5 Å². The molecule has 1 aliphatic heterocycles. The van der Waals surface area contributed by atoms with E-state index < -0.39 is 0 Å². The Balaban J connectivity index is 1.49. The predicted octanol–water partition coefficient (Wildman–Crippen LogP) is 2.15. The van der Waals surface area contributed by atoms with E-state index in [1.54, 1.807) is 6.92 Å². The van der Waals surface area contributed by atoms with Crippen LogP contribution in [0, 0.1) is 6.92 Å². The van der Waals surface area contributed by atoms with Crippen LogP contribution in [0.4, 0.5) is 0 Å². The summed E-state index contributed by atoms with van der Waals surface area (Å²) < 4.78 is 16.1. The van der Waals surface area contributed by atoms with Crippen molar-refractivity contribution in [1.82, 2.24) is 20.3 Å². The molecule has 112 valence electrons. The Morgan fingerprint density at radius 3 is 2.91 bits per heavy atom. The quantitative estimate of drug-likeness (QED) is 0.729. The van der Waals surface area contributed by atoms with Gasteiger partial charge in [-0.05, 0) is 23.8 Å². The highest BCUT2D eigenvalue weighted by molar-refractivity contribution is 5.59. The molecule has 0 amide bonds. The van der Waals surface area contributed by atoms with Gasteiger partial charge in [0.25, 0.3) is 0 Å². The van der Waals surface area contributed by atoms with Crippen LogP contribution in [0.25, 0.3) is 11.4 Å². The lowest BCUT2D eigenvalue weighted by atomic mass is 10.1. The van der Waals surface area contributed by atoms with Gasteiger partial charge in [0.15, 0.2) is 0 Å². The van der Waals surface area contributed by atoms with Crippen molar-refractivity contribution < 1.29 is 13.7 Å². The summed E-state index contributed by atoms with van der Waals surface area (Å²) in [5, 5.41) is 11.8. The van der Waals surface area contributed by atoms with Crippen molar-refractivity contribution in [3.05, 3.63) is 41.4 Å². The maximum Gasteiger partial charge on any atom is 0.227 e. The van der Waals surface area contributed by atoms with Gasteiger partial charge in [0, 0.05) is 31.7 Å². The summed E-state index contributed by atoms with van der Waals surface area (Å²) >= 11 is 0. The van der Waals surface area contributed by atoms with Crippen LogP contribution >= 0.6 is 0 Å².